The minimum absolute atomic E-state index is 0.137. The molecule has 0 atom stereocenters. The van der Waals surface area contributed by atoms with Gasteiger partial charge in [-0.3, -0.25) is 7.91 Å². The standard InChI is InChI=1S/C18H21BIN5O/c1-11(25(20)17(26)12-7-18(2,19)8-12)4-6-24-10-23-14-9-22-16-13(15(14)24)3-5-21-16/h3,5,9-10,12H,1,4,6-8,19H2,2H3,(H,21,22). The van der Waals surface area contributed by atoms with Gasteiger partial charge in [-0.15, -0.1) is 0 Å². The lowest BCUT2D eigenvalue weighted by Gasteiger charge is -2.42. The number of nitrogens with one attached hydrogen (secondary N) is 1. The normalized spacial score (nSPS) is 22.5. The van der Waals surface area contributed by atoms with Crippen molar-refractivity contribution in [2.75, 3.05) is 0 Å². The van der Waals surface area contributed by atoms with Crippen LogP contribution in [0.2, 0.25) is 5.31 Å². The van der Waals surface area contributed by atoms with Gasteiger partial charge in [-0.1, -0.05) is 18.8 Å². The van der Waals surface area contributed by atoms with Gasteiger partial charge in [-0.25, -0.2) is 9.97 Å². The van der Waals surface area contributed by atoms with Crippen LogP contribution in [0, 0.1) is 5.92 Å². The molecule has 26 heavy (non-hydrogen) atoms. The summed E-state index contributed by atoms with van der Waals surface area (Å²) < 4.78 is 3.82. The van der Waals surface area contributed by atoms with E-state index in [9.17, 15) is 4.79 Å². The zero-order valence-electron chi connectivity index (χ0n) is 15.0. The first-order valence-corrected chi connectivity index (χ1v) is 9.77. The second kappa shape index (κ2) is 6.40. The third-order valence-electron chi connectivity index (χ3n) is 5.22. The summed E-state index contributed by atoms with van der Waals surface area (Å²) in [6.07, 6.45) is 8.13. The molecule has 134 valence electrons. The minimum atomic E-state index is 0.137. The number of aromatic nitrogens is 4. The molecule has 1 aliphatic carbocycles. The Balaban J connectivity index is 1.45. The highest BCUT2D eigenvalue weighted by Crippen LogP contribution is 2.50. The summed E-state index contributed by atoms with van der Waals surface area (Å²) in [7, 11) is 2.21. The number of halogens is 1. The maximum absolute atomic E-state index is 12.6. The van der Waals surface area contributed by atoms with Crippen molar-refractivity contribution in [3.05, 3.63) is 37.1 Å². The third kappa shape index (κ3) is 3.04. The number of imidazole rings is 1. The molecule has 0 radical (unpaired) electrons. The van der Waals surface area contributed by atoms with E-state index in [4.69, 9.17) is 0 Å². The molecule has 8 heteroatoms. The molecule has 0 aromatic carbocycles. The molecule has 1 aliphatic rings. The van der Waals surface area contributed by atoms with Crippen molar-refractivity contribution in [2.24, 2.45) is 5.92 Å². The number of pyridine rings is 1. The van der Waals surface area contributed by atoms with Gasteiger partial charge in [-0.2, -0.15) is 0 Å². The molecule has 3 aromatic rings. The molecular weight excluding hydrogens is 440 g/mol. The van der Waals surface area contributed by atoms with Gasteiger partial charge in [0.1, 0.15) is 19.0 Å². The van der Waals surface area contributed by atoms with Gasteiger partial charge in [0, 0.05) is 36.2 Å². The van der Waals surface area contributed by atoms with E-state index in [1.165, 1.54) is 0 Å². The summed E-state index contributed by atoms with van der Waals surface area (Å²) in [5.41, 5.74) is 3.64. The number of carbonyl (C=O) groups excluding carboxylic acids is 1. The van der Waals surface area contributed by atoms with Gasteiger partial charge in [0.25, 0.3) is 0 Å². The molecular formula is C18H21BIN5O. The Labute approximate surface area is 167 Å². The predicted molar refractivity (Wildman–Crippen MR) is 114 cm³/mol. The van der Waals surface area contributed by atoms with Gasteiger partial charge in [-0.05, 0) is 18.9 Å². The monoisotopic (exact) mass is 461 g/mol. The Morgan fingerprint density at radius 1 is 1.54 bits per heavy atom. The van der Waals surface area contributed by atoms with Gasteiger partial charge in [0.05, 0.1) is 40.9 Å². The van der Waals surface area contributed by atoms with Crippen molar-refractivity contribution in [3.63, 3.8) is 0 Å². The molecule has 1 N–H and O–H groups in total. The second-order valence-corrected chi connectivity index (χ2v) is 8.84. The number of H-pyrrole nitrogens is 1. The summed E-state index contributed by atoms with van der Waals surface area (Å²) in [5, 5.41) is 1.36. The first-order chi connectivity index (χ1) is 12.4. The third-order valence-corrected chi connectivity index (χ3v) is 6.38. The van der Waals surface area contributed by atoms with E-state index < -0.39 is 0 Å². The van der Waals surface area contributed by atoms with Crippen molar-refractivity contribution in [2.45, 2.75) is 38.0 Å². The van der Waals surface area contributed by atoms with Gasteiger partial charge in [0.15, 0.2) is 0 Å². The van der Waals surface area contributed by atoms with Crippen LogP contribution in [0.4, 0.5) is 0 Å². The number of aromatic amines is 1. The number of hydrogen-bond donors (Lipinski definition) is 1. The number of fused-ring (bicyclic) bond motifs is 3. The molecule has 1 fully saturated rings. The molecule has 4 rings (SSSR count). The lowest BCUT2D eigenvalue weighted by atomic mass is 9.52. The number of aryl methyl sites for hydroxylation is 1. The zero-order chi connectivity index (χ0) is 18.5. The molecule has 0 aliphatic heterocycles. The molecule has 1 amide bonds. The topological polar surface area (TPSA) is 66.8 Å². The van der Waals surface area contributed by atoms with E-state index in [0.29, 0.717) is 11.7 Å². The molecule has 3 aromatic heterocycles. The van der Waals surface area contributed by atoms with E-state index >= 15 is 0 Å². The quantitative estimate of drug-likeness (QED) is 0.361. The van der Waals surface area contributed by atoms with Crippen molar-refractivity contribution < 1.29 is 4.79 Å². The van der Waals surface area contributed by atoms with Gasteiger partial charge < -0.3 is 9.55 Å². The smallest absolute Gasteiger partial charge is 0.238 e. The Hall–Kier alpha value is -1.84. The van der Waals surface area contributed by atoms with Crippen LogP contribution in [0.15, 0.2) is 37.1 Å². The first-order valence-electron chi connectivity index (χ1n) is 8.80. The number of allylic oxidation sites excluding steroid dienone is 1. The number of rotatable bonds is 5. The number of hydrogen-bond acceptors (Lipinski definition) is 3. The maximum atomic E-state index is 12.6. The Bertz CT molecular complexity index is 1000. The zero-order valence-corrected chi connectivity index (χ0v) is 17.2. The van der Waals surface area contributed by atoms with E-state index in [1.807, 2.05) is 18.6 Å². The summed E-state index contributed by atoms with van der Waals surface area (Å²) in [6, 6.07) is 2.02. The summed E-state index contributed by atoms with van der Waals surface area (Å²) in [6.45, 7) is 7.07. The Morgan fingerprint density at radius 2 is 2.31 bits per heavy atom. The largest absolute Gasteiger partial charge is 0.346 e. The van der Waals surface area contributed by atoms with Crippen LogP contribution in [0.3, 0.4) is 0 Å². The number of amides is 1. The van der Waals surface area contributed by atoms with Crippen molar-refractivity contribution in [3.8, 4) is 0 Å². The summed E-state index contributed by atoms with van der Waals surface area (Å²) >= 11 is 2.09. The molecule has 0 saturated heterocycles. The Kier molecular flexibility index (Phi) is 4.33. The van der Waals surface area contributed by atoms with E-state index in [2.05, 4.69) is 63.7 Å². The van der Waals surface area contributed by atoms with Crippen molar-refractivity contribution in [1.82, 2.24) is 22.6 Å². The number of nitrogens with zero attached hydrogens (tertiary/aromatic N) is 4. The van der Waals surface area contributed by atoms with E-state index in [-0.39, 0.29) is 11.8 Å². The van der Waals surface area contributed by atoms with Crippen LogP contribution < -0.4 is 0 Å². The average molecular weight is 461 g/mol. The fourth-order valence-electron chi connectivity index (χ4n) is 3.85. The van der Waals surface area contributed by atoms with E-state index in [0.717, 1.165) is 47.2 Å². The highest BCUT2D eigenvalue weighted by Gasteiger charge is 2.41. The lowest BCUT2D eigenvalue weighted by Crippen LogP contribution is -2.39. The van der Waals surface area contributed by atoms with Crippen LogP contribution in [0.25, 0.3) is 22.1 Å². The SMILES string of the molecule is BC1(C)CC(C(=O)N(I)C(=C)CCn2cnc3cnc4[nH]ccc4c32)C1. The van der Waals surface area contributed by atoms with Crippen LogP contribution in [-0.2, 0) is 11.3 Å². The molecule has 6 nitrogen and oxygen atoms in total. The molecule has 0 bridgehead atoms. The highest BCUT2D eigenvalue weighted by atomic mass is 127. The summed E-state index contributed by atoms with van der Waals surface area (Å²) in [5.74, 6) is 0.320. The fourth-order valence-corrected chi connectivity index (χ4v) is 4.49. The van der Waals surface area contributed by atoms with Gasteiger partial charge in [0.2, 0.25) is 5.91 Å². The molecule has 0 unspecified atom stereocenters. The lowest BCUT2D eigenvalue weighted by molar-refractivity contribution is -0.131. The molecule has 1 saturated carbocycles. The van der Waals surface area contributed by atoms with E-state index in [1.54, 1.807) is 9.31 Å². The molecule has 0 spiro atoms. The van der Waals surface area contributed by atoms with Crippen LogP contribution in [0.5, 0.6) is 0 Å². The minimum Gasteiger partial charge on any atom is -0.346 e. The number of carbonyl (C=O) groups is 1. The van der Waals surface area contributed by atoms with Crippen LogP contribution in [0.1, 0.15) is 26.2 Å². The van der Waals surface area contributed by atoms with Crippen LogP contribution >= 0.6 is 22.9 Å². The van der Waals surface area contributed by atoms with Crippen LogP contribution in [-0.4, -0.2) is 36.4 Å². The van der Waals surface area contributed by atoms with Crippen molar-refractivity contribution in [1.29, 1.82) is 0 Å². The average Bonchev–Trinajstić information content (AvgIpc) is 3.21. The van der Waals surface area contributed by atoms with Crippen molar-refractivity contribution >= 4 is 58.7 Å². The first kappa shape index (κ1) is 17.6. The van der Waals surface area contributed by atoms with Gasteiger partial charge >= 0.3 is 0 Å². The fraction of sp³-hybridized carbons (Fsp3) is 0.389. The maximum Gasteiger partial charge on any atom is 0.238 e. The predicted octanol–water partition coefficient (Wildman–Crippen LogP) is 3.22. The Morgan fingerprint density at radius 3 is 3.04 bits per heavy atom. The second-order valence-electron chi connectivity index (χ2n) is 7.87. The highest BCUT2D eigenvalue weighted by molar-refractivity contribution is 14.1. The summed E-state index contributed by atoms with van der Waals surface area (Å²) in [4.78, 5) is 24.5. The molecule has 3 heterocycles.